The van der Waals surface area contributed by atoms with Crippen LogP contribution in [0.5, 0.6) is 17.2 Å². The van der Waals surface area contributed by atoms with Gasteiger partial charge in [-0.15, -0.1) is 0 Å². The molecule has 0 aliphatic heterocycles. The smallest absolute Gasteiger partial charge is 0.326 e. The molecule has 0 radical (unpaired) electrons. The number of carbonyl (C=O) groups is 2. The van der Waals surface area contributed by atoms with Gasteiger partial charge >= 0.3 is 6.03 Å². The largest absolute Gasteiger partial charge is 0.495 e. The number of benzene rings is 4. The number of nitrogens with one attached hydrogen (secondary N) is 2. The lowest BCUT2D eigenvalue weighted by molar-refractivity contribution is 0.0953. The number of amides is 3. The van der Waals surface area contributed by atoms with Crippen molar-refractivity contribution in [2.24, 2.45) is 0 Å². The second-order valence-corrected chi connectivity index (χ2v) is 10.6. The molecular formula is C34H37N3O4. The maximum Gasteiger partial charge on any atom is 0.326 e. The Labute approximate surface area is 242 Å². The molecule has 0 saturated carbocycles. The normalized spacial score (nSPS) is 10.9. The SMILES string of the molecule is COc1ccccc1NC(=O)N(CCCNC(=O)c1ccc(C(C)(C)C)cc1)c1ccc(Oc2ccccc2)cc1. The molecular weight excluding hydrogens is 514 g/mol. The quantitative estimate of drug-likeness (QED) is 0.199. The summed E-state index contributed by atoms with van der Waals surface area (Å²) in [5, 5.41) is 5.92. The van der Waals surface area contributed by atoms with Crippen LogP contribution in [0.25, 0.3) is 0 Å². The Kier molecular flexibility index (Phi) is 9.64. The average Bonchev–Trinajstić information content (AvgIpc) is 2.98. The maximum absolute atomic E-state index is 13.5. The number of hydrogen-bond donors (Lipinski definition) is 2. The fourth-order valence-corrected chi connectivity index (χ4v) is 4.26. The van der Waals surface area contributed by atoms with Crippen molar-refractivity contribution in [3.05, 3.63) is 114 Å². The molecule has 0 aliphatic rings. The molecule has 0 fully saturated rings. The maximum atomic E-state index is 13.5. The Hall–Kier alpha value is -4.78. The molecule has 0 saturated heterocycles. The lowest BCUT2D eigenvalue weighted by Gasteiger charge is -2.24. The van der Waals surface area contributed by atoms with E-state index >= 15 is 0 Å². The summed E-state index contributed by atoms with van der Waals surface area (Å²) in [4.78, 5) is 27.8. The number of para-hydroxylation sites is 3. The predicted molar refractivity (Wildman–Crippen MR) is 164 cm³/mol. The van der Waals surface area contributed by atoms with E-state index in [1.165, 1.54) is 5.56 Å². The number of carbonyl (C=O) groups excluding carboxylic acids is 2. The fourth-order valence-electron chi connectivity index (χ4n) is 4.26. The molecule has 0 aliphatic carbocycles. The van der Waals surface area contributed by atoms with Crippen LogP contribution >= 0.6 is 0 Å². The lowest BCUT2D eigenvalue weighted by Crippen LogP contribution is -2.37. The Morgan fingerprint density at radius 3 is 2.07 bits per heavy atom. The molecule has 2 N–H and O–H groups in total. The summed E-state index contributed by atoms with van der Waals surface area (Å²) < 4.78 is 11.3. The summed E-state index contributed by atoms with van der Waals surface area (Å²) in [5.74, 6) is 1.82. The average molecular weight is 552 g/mol. The Morgan fingerprint density at radius 1 is 0.780 bits per heavy atom. The summed E-state index contributed by atoms with van der Waals surface area (Å²) in [5.41, 5.74) is 3.07. The van der Waals surface area contributed by atoms with Crippen molar-refractivity contribution in [2.45, 2.75) is 32.6 Å². The number of ether oxygens (including phenoxy) is 2. The second-order valence-electron chi connectivity index (χ2n) is 10.6. The highest BCUT2D eigenvalue weighted by Gasteiger charge is 2.18. The zero-order chi connectivity index (χ0) is 29.2. The molecule has 7 nitrogen and oxygen atoms in total. The third-order valence-electron chi connectivity index (χ3n) is 6.58. The van der Waals surface area contributed by atoms with Crippen LogP contribution < -0.4 is 25.0 Å². The highest BCUT2D eigenvalue weighted by molar-refractivity contribution is 6.02. The van der Waals surface area contributed by atoms with E-state index in [1.54, 1.807) is 24.1 Å². The molecule has 41 heavy (non-hydrogen) atoms. The highest BCUT2D eigenvalue weighted by Crippen LogP contribution is 2.27. The third kappa shape index (κ3) is 8.11. The van der Waals surface area contributed by atoms with Crippen molar-refractivity contribution in [1.82, 2.24) is 5.32 Å². The predicted octanol–water partition coefficient (Wildman–Crippen LogP) is 7.64. The third-order valence-corrected chi connectivity index (χ3v) is 6.58. The number of hydrogen-bond acceptors (Lipinski definition) is 4. The Morgan fingerprint density at radius 2 is 1.41 bits per heavy atom. The van der Waals surface area contributed by atoms with Gasteiger partial charge in [0.25, 0.3) is 5.91 Å². The molecule has 7 heteroatoms. The van der Waals surface area contributed by atoms with Gasteiger partial charge in [-0.2, -0.15) is 0 Å². The Bertz CT molecular complexity index is 1430. The van der Waals surface area contributed by atoms with Crippen molar-refractivity contribution >= 4 is 23.3 Å². The first-order valence-corrected chi connectivity index (χ1v) is 13.7. The van der Waals surface area contributed by atoms with Crippen LogP contribution in [0.2, 0.25) is 0 Å². The summed E-state index contributed by atoms with van der Waals surface area (Å²) in [7, 11) is 1.56. The minimum absolute atomic E-state index is 0.0225. The van der Waals surface area contributed by atoms with Gasteiger partial charge in [-0.1, -0.05) is 63.2 Å². The van der Waals surface area contributed by atoms with E-state index in [0.29, 0.717) is 47.9 Å². The summed E-state index contributed by atoms with van der Waals surface area (Å²) in [6.07, 6.45) is 0.549. The number of urea groups is 1. The summed E-state index contributed by atoms with van der Waals surface area (Å²) in [6, 6.07) is 31.5. The van der Waals surface area contributed by atoms with E-state index in [1.807, 2.05) is 91.0 Å². The number of anilines is 2. The first-order chi connectivity index (χ1) is 19.7. The number of methoxy groups -OCH3 is 1. The molecule has 0 aromatic heterocycles. The van der Waals surface area contributed by atoms with Gasteiger partial charge in [-0.3, -0.25) is 9.69 Å². The standard InChI is InChI=1S/C34H37N3O4/c1-34(2,3)26-17-15-25(16-18-26)32(38)35-23-10-24-37(33(39)36-30-13-8-9-14-31(30)40-4)27-19-21-29(22-20-27)41-28-11-6-5-7-12-28/h5-9,11-22H,10,23-24H2,1-4H3,(H,35,38)(H,36,39). The molecule has 0 spiro atoms. The summed E-state index contributed by atoms with van der Waals surface area (Å²) >= 11 is 0. The van der Waals surface area contributed by atoms with Crippen LogP contribution in [0.1, 0.15) is 43.1 Å². The van der Waals surface area contributed by atoms with E-state index in [4.69, 9.17) is 9.47 Å². The molecule has 3 amide bonds. The first-order valence-electron chi connectivity index (χ1n) is 13.7. The van der Waals surface area contributed by atoms with Gasteiger partial charge in [0.05, 0.1) is 12.8 Å². The van der Waals surface area contributed by atoms with Crippen LogP contribution in [0.3, 0.4) is 0 Å². The van der Waals surface area contributed by atoms with Gasteiger partial charge < -0.3 is 20.1 Å². The van der Waals surface area contributed by atoms with Gasteiger partial charge in [0.15, 0.2) is 0 Å². The molecule has 0 atom stereocenters. The fraction of sp³-hybridized carbons (Fsp3) is 0.235. The highest BCUT2D eigenvalue weighted by atomic mass is 16.5. The van der Waals surface area contributed by atoms with E-state index in [0.717, 1.165) is 5.75 Å². The number of rotatable bonds is 10. The molecule has 4 aromatic carbocycles. The monoisotopic (exact) mass is 551 g/mol. The second kappa shape index (κ2) is 13.5. The number of nitrogens with zero attached hydrogens (tertiary/aromatic N) is 1. The van der Waals surface area contributed by atoms with Gasteiger partial charge in [-0.05, 0) is 78.1 Å². The van der Waals surface area contributed by atoms with Crippen LogP contribution in [-0.4, -0.2) is 32.1 Å². The van der Waals surface area contributed by atoms with Crippen molar-refractivity contribution in [3.63, 3.8) is 0 Å². The lowest BCUT2D eigenvalue weighted by atomic mass is 9.87. The van der Waals surface area contributed by atoms with Gasteiger partial charge in [0, 0.05) is 24.3 Å². The van der Waals surface area contributed by atoms with Crippen molar-refractivity contribution in [2.75, 3.05) is 30.4 Å². The van der Waals surface area contributed by atoms with Crippen LogP contribution in [0, 0.1) is 0 Å². The summed E-state index contributed by atoms with van der Waals surface area (Å²) in [6.45, 7) is 7.21. The molecule has 4 aromatic rings. The minimum Gasteiger partial charge on any atom is -0.495 e. The minimum atomic E-state index is -0.310. The molecule has 4 rings (SSSR count). The van der Waals surface area contributed by atoms with Crippen molar-refractivity contribution in [1.29, 1.82) is 0 Å². The van der Waals surface area contributed by atoms with E-state index in [9.17, 15) is 9.59 Å². The van der Waals surface area contributed by atoms with Gasteiger partial charge in [0.2, 0.25) is 0 Å². The van der Waals surface area contributed by atoms with Crippen molar-refractivity contribution < 1.29 is 19.1 Å². The first kappa shape index (κ1) is 29.2. The van der Waals surface area contributed by atoms with E-state index in [-0.39, 0.29) is 17.4 Å². The van der Waals surface area contributed by atoms with E-state index < -0.39 is 0 Å². The molecule has 0 heterocycles. The van der Waals surface area contributed by atoms with Gasteiger partial charge in [-0.25, -0.2) is 4.79 Å². The molecule has 0 unspecified atom stereocenters. The van der Waals surface area contributed by atoms with Crippen molar-refractivity contribution in [3.8, 4) is 17.2 Å². The zero-order valence-corrected chi connectivity index (χ0v) is 24.0. The van der Waals surface area contributed by atoms with E-state index in [2.05, 4.69) is 31.4 Å². The topological polar surface area (TPSA) is 79.9 Å². The molecule has 212 valence electrons. The zero-order valence-electron chi connectivity index (χ0n) is 24.0. The molecule has 0 bridgehead atoms. The van der Waals surface area contributed by atoms with Crippen LogP contribution in [-0.2, 0) is 5.41 Å². The van der Waals surface area contributed by atoms with Gasteiger partial charge in [0.1, 0.15) is 17.2 Å². The van der Waals surface area contributed by atoms with Crippen LogP contribution in [0.4, 0.5) is 16.2 Å². The van der Waals surface area contributed by atoms with Crippen LogP contribution in [0.15, 0.2) is 103 Å². The Balaban J connectivity index is 1.42.